The first-order valence-corrected chi connectivity index (χ1v) is 5.56. The smallest absolute Gasteiger partial charge is 0.257 e. The Hall–Kier alpha value is -2.31. The predicted molar refractivity (Wildman–Crippen MR) is 71.6 cm³/mol. The van der Waals surface area contributed by atoms with Crippen LogP contribution in [0, 0.1) is 12.3 Å². The normalized spacial score (nSPS) is 9.56. The molecule has 0 saturated heterocycles. The van der Waals surface area contributed by atoms with Gasteiger partial charge in [0.2, 0.25) is 0 Å². The summed E-state index contributed by atoms with van der Waals surface area (Å²) in [7, 11) is 0. The molecule has 0 bridgehead atoms. The molecule has 18 heavy (non-hydrogen) atoms. The molecular weight excluding hydrogens is 248 g/mol. The minimum atomic E-state index is -0.295. The number of pyridine rings is 1. The number of amides is 1. The van der Waals surface area contributed by atoms with Gasteiger partial charge in [0.25, 0.3) is 5.91 Å². The maximum Gasteiger partial charge on any atom is 0.257 e. The second-order valence-corrected chi connectivity index (χ2v) is 3.94. The Balaban J connectivity index is 2.22. The van der Waals surface area contributed by atoms with Gasteiger partial charge in [-0.25, -0.2) is 0 Å². The number of halogens is 1. The Morgan fingerprint density at radius 3 is 2.94 bits per heavy atom. The molecule has 0 unspecified atom stereocenters. The molecule has 1 aromatic carbocycles. The van der Waals surface area contributed by atoms with Gasteiger partial charge in [-0.1, -0.05) is 23.6 Å². The zero-order valence-corrected chi connectivity index (χ0v) is 10.1. The molecule has 1 N–H and O–H groups in total. The van der Waals surface area contributed by atoms with E-state index in [9.17, 15) is 4.79 Å². The van der Waals surface area contributed by atoms with E-state index in [1.165, 1.54) is 12.4 Å². The van der Waals surface area contributed by atoms with Crippen molar-refractivity contribution in [3.8, 4) is 12.3 Å². The van der Waals surface area contributed by atoms with Crippen LogP contribution in [0.1, 0.15) is 15.9 Å². The molecule has 1 heterocycles. The van der Waals surface area contributed by atoms with Crippen LogP contribution in [0.15, 0.2) is 42.7 Å². The van der Waals surface area contributed by atoms with E-state index in [4.69, 9.17) is 18.0 Å². The van der Waals surface area contributed by atoms with Crippen LogP contribution < -0.4 is 5.32 Å². The van der Waals surface area contributed by atoms with Gasteiger partial charge in [0, 0.05) is 23.6 Å². The van der Waals surface area contributed by atoms with Crippen molar-refractivity contribution in [2.45, 2.75) is 0 Å². The van der Waals surface area contributed by atoms with Crippen LogP contribution in [0.25, 0.3) is 0 Å². The molecule has 0 saturated carbocycles. The SMILES string of the molecule is C#Cc1cccc(NC(=O)c2ccncc2Cl)c1. The van der Waals surface area contributed by atoms with E-state index in [0.717, 1.165) is 0 Å². The summed E-state index contributed by atoms with van der Waals surface area (Å²) < 4.78 is 0. The summed E-state index contributed by atoms with van der Waals surface area (Å²) in [5, 5.41) is 3.04. The monoisotopic (exact) mass is 256 g/mol. The topological polar surface area (TPSA) is 42.0 Å². The second-order valence-electron chi connectivity index (χ2n) is 3.53. The molecule has 0 radical (unpaired) electrons. The molecule has 2 aromatic rings. The van der Waals surface area contributed by atoms with Crippen molar-refractivity contribution in [1.82, 2.24) is 4.98 Å². The van der Waals surface area contributed by atoms with Crippen molar-refractivity contribution in [2.75, 3.05) is 5.32 Å². The van der Waals surface area contributed by atoms with Crippen molar-refractivity contribution in [3.05, 3.63) is 58.9 Å². The molecular formula is C14H9ClN2O. The van der Waals surface area contributed by atoms with Crippen molar-refractivity contribution in [1.29, 1.82) is 0 Å². The quantitative estimate of drug-likeness (QED) is 0.840. The highest BCUT2D eigenvalue weighted by Gasteiger charge is 2.10. The van der Waals surface area contributed by atoms with Crippen molar-refractivity contribution in [3.63, 3.8) is 0 Å². The van der Waals surface area contributed by atoms with Crippen molar-refractivity contribution < 1.29 is 4.79 Å². The molecule has 0 fully saturated rings. The van der Waals surface area contributed by atoms with Crippen LogP contribution in [0.2, 0.25) is 5.02 Å². The zero-order chi connectivity index (χ0) is 13.0. The van der Waals surface area contributed by atoms with Gasteiger partial charge in [-0.3, -0.25) is 9.78 Å². The summed E-state index contributed by atoms with van der Waals surface area (Å²) in [5.41, 5.74) is 1.70. The second kappa shape index (κ2) is 5.35. The summed E-state index contributed by atoms with van der Waals surface area (Å²) in [6.07, 6.45) is 8.23. The van der Waals surface area contributed by atoms with Crippen molar-refractivity contribution in [2.24, 2.45) is 0 Å². The van der Waals surface area contributed by atoms with E-state index in [0.29, 0.717) is 21.8 Å². The molecule has 1 aromatic heterocycles. The third-order valence-electron chi connectivity index (χ3n) is 2.30. The fourth-order valence-corrected chi connectivity index (χ4v) is 1.65. The number of carbonyl (C=O) groups excluding carboxylic acids is 1. The number of nitrogens with zero attached hydrogens (tertiary/aromatic N) is 1. The van der Waals surface area contributed by atoms with E-state index in [1.807, 2.05) is 0 Å². The average molecular weight is 257 g/mol. The third kappa shape index (κ3) is 2.68. The first kappa shape index (κ1) is 12.2. The number of aromatic nitrogens is 1. The first-order chi connectivity index (χ1) is 8.70. The number of anilines is 1. The van der Waals surface area contributed by atoms with E-state index < -0.39 is 0 Å². The first-order valence-electron chi connectivity index (χ1n) is 5.18. The Labute approximate surface area is 110 Å². The number of nitrogens with one attached hydrogen (secondary N) is 1. The Morgan fingerprint density at radius 1 is 1.39 bits per heavy atom. The summed E-state index contributed by atoms with van der Waals surface area (Å²) >= 11 is 5.89. The minimum Gasteiger partial charge on any atom is -0.322 e. The van der Waals surface area contributed by atoms with Gasteiger partial charge in [0.15, 0.2) is 0 Å². The molecule has 0 aliphatic heterocycles. The summed E-state index contributed by atoms with van der Waals surface area (Å²) in [6, 6.07) is 8.59. The Morgan fingerprint density at radius 2 is 2.22 bits per heavy atom. The Kier molecular flexibility index (Phi) is 3.61. The fourth-order valence-electron chi connectivity index (χ4n) is 1.44. The maximum atomic E-state index is 12.0. The summed E-state index contributed by atoms with van der Waals surface area (Å²) in [6.45, 7) is 0. The molecule has 0 atom stereocenters. The molecule has 0 aliphatic rings. The van der Waals surface area contributed by atoms with Crippen LogP contribution in [0.3, 0.4) is 0 Å². The van der Waals surface area contributed by atoms with Crippen LogP contribution in [-0.2, 0) is 0 Å². The highest BCUT2D eigenvalue weighted by molar-refractivity contribution is 6.34. The standard InChI is InChI=1S/C14H9ClN2O/c1-2-10-4-3-5-11(8-10)17-14(18)12-6-7-16-9-13(12)15/h1,3-9H,(H,17,18). The lowest BCUT2D eigenvalue weighted by atomic mass is 10.2. The van der Waals surface area contributed by atoms with E-state index >= 15 is 0 Å². The lowest BCUT2D eigenvalue weighted by molar-refractivity contribution is 0.102. The number of rotatable bonds is 2. The van der Waals surface area contributed by atoms with Crippen LogP contribution >= 0.6 is 11.6 Å². The van der Waals surface area contributed by atoms with Gasteiger partial charge < -0.3 is 5.32 Å². The lowest BCUT2D eigenvalue weighted by Crippen LogP contribution is -2.12. The number of benzene rings is 1. The van der Waals surface area contributed by atoms with E-state index in [-0.39, 0.29) is 5.91 Å². The van der Waals surface area contributed by atoms with Gasteiger partial charge >= 0.3 is 0 Å². The maximum absolute atomic E-state index is 12.0. The molecule has 88 valence electrons. The van der Waals surface area contributed by atoms with Gasteiger partial charge in [-0.2, -0.15) is 0 Å². The molecule has 2 rings (SSSR count). The number of carbonyl (C=O) groups is 1. The van der Waals surface area contributed by atoms with Crippen molar-refractivity contribution >= 4 is 23.2 Å². The molecule has 0 spiro atoms. The van der Waals surface area contributed by atoms with Crippen LogP contribution in [0.4, 0.5) is 5.69 Å². The van der Waals surface area contributed by atoms with Gasteiger partial charge in [0.1, 0.15) is 0 Å². The third-order valence-corrected chi connectivity index (χ3v) is 2.61. The largest absolute Gasteiger partial charge is 0.322 e. The van der Waals surface area contributed by atoms with Crippen LogP contribution in [0.5, 0.6) is 0 Å². The van der Waals surface area contributed by atoms with Crippen LogP contribution in [-0.4, -0.2) is 10.9 Å². The van der Waals surface area contributed by atoms with Gasteiger partial charge in [-0.05, 0) is 24.3 Å². The highest BCUT2D eigenvalue weighted by atomic mass is 35.5. The number of hydrogen-bond donors (Lipinski definition) is 1. The molecule has 3 nitrogen and oxygen atoms in total. The number of terminal acetylenes is 1. The van der Waals surface area contributed by atoms with Gasteiger partial charge in [-0.15, -0.1) is 6.42 Å². The van der Waals surface area contributed by atoms with E-state index in [2.05, 4.69) is 16.2 Å². The Bertz CT molecular complexity index is 632. The molecule has 0 aliphatic carbocycles. The summed E-state index contributed by atoms with van der Waals surface area (Å²) in [5.74, 6) is 2.21. The minimum absolute atomic E-state index is 0.295. The average Bonchev–Trinajstić information content (AvgIpc) is 2.39. The summed E-state index contributed by atoms with van der Waals surface area (Å²) in [4.78, 5) is 15.8. The number of hydrogen-bond acceptors (Lipinski definition) is 2. The molecule has 4 heteroatoms. The van der Waals surface area contributed by atoms with Gasteiger partial charge in [0.05, 0.1) is 10.6 Å². The predicted octanol–water partition coefficient (Wildman–Crippen LogP) is 2.97. The zero-order valence-electron chi connectivity index (χ0n) is 9.35. The fraction of sp³-hybridized carbons (Fsp3) is 0. The highest BCUT2D eigenvalue weighted by Crippen LogP contribution is 2.16. The molecule has 1 amide bonds. The lowest BCUT2D eigenvalue weighted by Gasteiger charge is -2.06. The van der Waals surface area contributed by atoms with E-state index in [1.54, 1.807) is 30.3 Å².